The van der Waals surface area contributed by atoms with E-state index in [2.05, 4.69) is 0 Å². The summed E-state index contributed by atoms with van der Waals surface area (Å²) in [6.07, 6.45) is 0. The summed E-state index contributed by atoms with van der Waals surface area (Å²) in [5.41, 5.74) is 0.564. The number of thiophene rings is 1. The fraction of sp³-hybridized carbons (Fsp3) is 0.0476. The fourth-order valence-corrected chi connectivity index (χ4v) is 4.03. The predicted molar refractivity (Wildman–Crippen MR) is 108 cm³/mol. The van der Waals surface area contributed by atoms with Crippen molar-refractivity contribution >= 4 is 34.4 Å². The summed E-state index contributed by atoms with van der Waals surface area (Å²) in [6.45, 7) is 0. The summed E-state index contributed by atoms with van der Waals surface area (Å²) in [4.78, 5) is 38.4. The number of hydrogen-bond donors (Lipinski definition) is 1. The van der Waals surface area contributed by atoms with Gasteiger partial charge in [0.1, 0.15) is 0 Å². The van der Waals surface area contributed by atoms with Gasteiger partial charge in [-0.3, -0.25) is 24.6 Å². The number of nitro benzene ring substituents is 1. The van der Waals surface area contributed by atoms with Gasteiger partial charge in [-0.25, -0.2) is 0 Å². The molecule has 144 valence electrons. The molecule has 0 saturated heterocycles. The number of non-ortho nitro benzene ring substituents is 1. The lowest BCUT2D eigenvalue weighted by Gasteiger charge is -2.26. The van der Waals surface area contributed by atoms with Crippen molar-refractivity contribution in [3.05, 3.63) is 104 Å². The molecule has 8 heteroatoms. The molecular formula is C21H14N2O5S. The van der Waals surface area contributed by atoms with Crippen LogP contribution in [-0.4, -0.2) is 21.7 Å². The second-order valence-electron chi connectivity index (χ2n) is 6.33. The summed E-state index contributed by atoms with van der Waals surface area (Å²) in [6, 6.07) is 16.6. The average Bonchev–Trinajstić information content (AvgIpc) is 3.36. The van der Waals surface area contributed by atoms with Crippen LogP contribution >= 0.6 is 11.3 Å². The van der Waals surface area contributed by atoms with E-state index in [9.17, 15) is 24.8 Å². The van der Waals surface area contributed by atoms with Crippen LogP contribution in [0.1, 0.15) is 21.3 Å². The van der Waals surface area contributed by atoms with Crippen molar-refractivity contribution < 1.29 is 19.6 Å². The SMILES string of the molecule is O=C(C1=C(O)C(=O)N(c2ccccc2)C1c1cccc([N+](=O)[O-])c1)c1cccs1. The maximum atomic E-state index is 13.1. The maximum Gasteiger partial charge on any atom is 0.294 e. The van der Waals surface area contributed by atoms with Gasteiger partial charge in [0.15, 0.2) is 5.76 Å². The van der Waals surface area contributed by atoms with E-state index in [1.807, 2.05) is 0 Å². The molecular weight excluding hydrogens is 392 g/mol. The molecule has 7 nitrogen and oxygen atoms in total. The normalized spacial score (nSPS) is 16.3. The Morgan fingerprint density at radius 3 is 2.48 bits per heavy atom. The van der Waals surface area contributed by atoms with E-state index in [1.54, 1.807) is 53.9 Å². The second kappa shape index (κ2) is 7.33. The molecule has 0 spiro atoms. The summed E-state index contributed by atoms with van der Waals surface area (Å²) in [5, 5.41) is 23.6. The Labute approximate surface area is 169 Å². The van der Waals surface area contributed by atoms with Crippen molar-refractivity contribution in [3.63, 3.8) is 0 Å². The summed E-state index contributed by atoms with van der Waals surface area (Å²) < 4.78 is 0. The number of nitrogens with zero attached hydrogens (tertiary/aromatic N) is 2. The molecule has 1 atom stereocenters. The molecule has 1 aliphatic rings. The van der Waals surface area contributed by atoms with E-state index in [1.165, 1.54) is 34.4 Å². The van der Waals surface area contributed by atoms with Gasteiger partial charge in [0, 0.05) is 17.8 Å². The van der Waals surface area contributed by atoms with E-state index in [0.717, 1.165) is 0 Å². The second-order valence-corrected chi connectivity index (χ2v) is 7.28. The van der Waals surface area contributed by atoms with Gasteiger partial charge in [-0.2, -0.15) is 0 Å². The number of benzene rings is 2. The highest BCUT2D eigenvalue weighted by Crippen LogP contribution is 2.42. The number of aliphatic hydroxyl groups excluding tert-OH is 1. The summed E-state index contributed by atoms with van der Waals surface area (Å²) in [5.74, 6) is -1.86. The molecule has 2 aromatic carbocycles. The molecule has 1 unspecified atom stereocenters. The van der Waals surface area contributed by atoms with Gasteiger partial charge < -0.3 is 5.11 Å². The number of aliphatic hydroxyl groups is 1. The van der Waals surface area contributed by atoms with E-state index < -0.39 is 28.4 Å². The molecule has 2 heterocycles. The molecule has 0 bridgehead atoms. The minimum absolute atomic E-state index is 0.0956. The van der Waals surface area contributed by atoms with E-state index in [-0.39, 0.29) is 11.3 Å². The van der Waals surface area contributed by atoms with E-state index >= 15 is 0 Å². The van der Waals surface area contributed by atoms with Crippen molar-refractivity contribution in [1.82, 2.24) is 0 Å². The van der Waals surface area contributed by atoms with Crippen LogP contribution in [0, 0.1) is 10.1 Å². The maximum absolute atomic E-state index is 13.1. The number of anilines is 1. The lowest BCUT2D eigenvalue weighted by atomic mass is 9.95. The number of nitro groups is 1. The van der Waals surface area contributed by atoms with Gasteiger partial charge in [-0.15, -0.1) is 11.3 Å². The first-order valence-corrected chi connectivity index (χ1v) is 9.51. The van der Waals surface area contributed by atoms with Crippen LogP contribution < -0.4 is 4.90 Å². The molecule has 0 saturated carbocycles. The number of Topliss-reactive ketones (excluding diaryl/α,β-unsaturated/α-hetero) is 1. The van der Waals surface area contributed by atoms with Crippen LogP contribution in [0.15, 0.2) is 83.4 Å². The molecule has 1 amide bonds. The molecule has 4 rings (SSSR count). The first kappa shape index (κ1) is 18.6. The smallest absolute Gasteiger partial charge is 0.294 e. The van der Waals surface area contributed by atoms with Crippen LogP contribution in [0.25, 0.3) is 0 Å². The Hall–Kier alpha value is -3.78. The summed E-state index contributed by atoms with van der Waals surface area (Å²) >= 11 is 1.19. The topological polar surface area (TPSA) is 101 Å². The van der Waals surface area contributed by atoms with Gasteiger partial charge in [0.05, 0.1) is 21.4 Å². The molecule has 0 aliphatic carbocycles. The van der Waals surface area contributed by atoms with Crippen LogP contribution in [0.4, 0.5) is 11.4 Å². The molecule has 29 heavy (non-hydrogen) atoms. The Kier molecular flexibility index (Phi) is 4.69. The largest absolute Gasteiger partial charge is 0.503 e. The Balaban J connectivity index is 1.91. The van der Waals surface area contributed by atoms with Gasteiger partial charge in [0.25, 0.3) is 11.6 Å². The van der Waals surface area contributed by atoms with Gasteiger partial charge >= 0.3 is 0 Å². The van der Waals surface area contributed by atoms with Crippen LogP contribution in [0.3, 0.4) is 0 Å². The highest BCUT2D eigenvalue weighted by Gasteiger charge is 2.45. The lowest BCUT2D eigenvalue weighted by molar-refractivity contribution is -0.384. The number of hydrogen-bond acceptors (Lipinski definition) is 6. The zero-order chi connectivity index (χ0) is 20.5. The van der Waals surface area contributed by atoms with Crippen molar-refractivity contribution in [1.29, 1.82) is 0 Å². The Morgan fingerprint density at radius 1 is 1.07 bits per heavy atom. The summed E-state index contributed by atoms with van der Waals surface area (Å²) in [7, 11) is 0. The number of amides is 1. The first-order chi connectivity index (χ1) is 14.0. The van der Waals surface area contributed by atoms with Crippen LogP contribution in [-0.2, 0) is 4.79 Å². The van der Waals surface area contributed by atoms with Crippen LogP contribution in [0.5, 0.6) is 0 Å². The Bertz CT molecular complexity index is 1140. The minimum Gasteiger partial charge on any atom is -0.503 e. The minimum atomic E-state index is -0.987. The first-order valence-electron chi connectivity index (χ1n) is 8.63. The fourth-order valence-electron chi connectivity index (χ4n) is 3.36. The van der Waals surface area contributed by atoms with Crippen molar-refractivity contribution in [2.45, 2.75) is 6.04 Å². The molecule has 3 aromatic rings. The molecule has 1 aromatic heterocycles. The highest BCUT2D eigenvalue weighted by atomic mass is 32.1. The monoisotopic (exact) mass is 406 g/mol. The number of ketones is 1. The third kappa shape index (κ3) is 3.19. The van der Waals surface area contributed by atoms with Crippen molar-refractivity contribution in [2.24, 2.45) is 0 Å². The lowest BCUT2D eigenvalue weighted by Crippen LogP contribution is -2.31. The number of carbonyl (C=O) groups excluding carboxylic acids is 2. The Morgan fingerprint density at radius 2 is 1.83 bits per heavy atom. The van der Waals surface area contributed by atoms with Crippen LogP contribution in [0.2, 0.25) is 0 Å². The predicted octanol–water partition coefficient (Wildman–Crippen LogP) is 4.44. The molecule has 0 radical (unpaired) electrons. The van der Waals surface area contributed by atoms with Crippen molar-refractivity contribution in [3.8, 4) is 0 Å². The third-order valence-electron chi connectivity index (χ3n) is 4.63. The molecule has 1 aliphatic heterocycles. The number of rotatable bonds is 5. The quantitative estimate of drug-likeness (QED) is 0.383. The highest BCUT2D eigenvalue weighted by molar-refractivity contribution is 7.12. The van der Waals surface area contributed by atoms with Gasteiger partial charge in [-0.05, 0) is 29.1 Å². The van der Waals surface area contributed by atoms with Gasteiger partial charge in [0.2, 0.25) is 5.78 Å². The molecule has 0 fully saturated rings. The van der Waals surface area contributed by atoms with E-state index in [0.29, 0.717) is 16.1 Å². The average molecular weight is 406 g/mol. The zero-order valence-electron chi connectivity index (χ0n) is 14.9. The van der Waals surface area contributed by atoms with Crippen molar-refractivity contribution in [2.75, 3.05) is 4.90 Å². The van der Waals surface area contributed by atoms with Gasteiger partial charge in [-0.1, -0.05) is 36.4 Å². The third-order valence-corrected chi connectivity index (χ3v) is 5.50. The van der Waals surface area contributed by atoms with E-state index in [4.69, 9.17) is 0 Å². The standard InChI is InChI=1S/C21H14N2O5S/c24-19(16-10-5-11-29-16)17-18(13-6-4-9-15(12-13)23(27)28)22(21(26)20(17)25)14-7-2-1-3-8-14/h1-12,18,25H. The number of carbonyl (C=O) groups is 2. The number of para-hydroxylation sites is 1. The zero-order valence-corrected chi connectivity index (χ0v) is 15.7. The molecule has 1 N–H and O–H groups in total.